The van der Waals surface area contributed by atoms with Crippen LogP contribution < -0.4 is 21.1 Å². The van der Waals surface area contributed by atoms with Crippen LogP contribution in [0.5, 0.6) is 5.75 Å². The first-order valence-electron chi connectivity index (χ1n) is 6.09. The van der Waals surface area contributed by atoms with Gasteiger partial charge in [0.15, 0.2) is 0 Å². The van der Waals surface area contributed by atoms with E-state index in [1.807, 2.05) is 0 Å². The van der Waals surface area contributed by atoms with Gasteiger partial charge in [0.2, 0.25) is 11.8 Å². The number of anilines is 1. The molecular weight excluding hydrogens is 282 g/mol. The van der Waals surface area contributed by atoms with Crippen molar-refractivity contribution in [1.82, 2.24) is 5.32 Å². The maximum absolute atomic E-state index is 11.1. The van der Waals surface area contributed by atoms with Crippen LogP contribution in [0.3, 0.4) is 0 Å². The Bertz CT molecular complexity index is 441. The van der Waals surface area contributed by atoms with Crippen LogP contribution in [-0.2, 0) is 9.59 Å². The summed E-state index contributed by atoms with van der Waals surface area (Å²) in [5.74, 6) is 0.420. The van der Waals surface area contributed by atoms with Gasteiger partial charge in [0.25, 0.3) is 0 Å². The molecule has 0 unspecified atom stereocenters. The number of rotatable bonds is 7. The molecule has 1 aromatic carbocycles. The van der Waals surface area contributed by atoms with E-state index in [9.17, 15) is 9.59 Å². The molecule has 20 heavy (non-hydrogen) atoms. The summed E-state index contributed by atoms with van der Waals surface area (Å²) >= 11 is 0. The van der Waals surface area contributed by atoms with Gasteiger partial charge in [0.05, 0.1) is 6.54 Å². The number of halogens is 1. The lowest BCUT2D eigenvalue weighted by Gasteiger charge is -2.09. The summed E-state index contributed by atoms with van der Waals surface area (Å²) in [5, 5.41) is 5.35. The van der Waals surface area contributed by atoms with Crippen LogP contribution in [0.1, 0.15) is 13.3 Å². The Kier molecular flexibility index (Phi) is 9.15. The fraction of sp³-hybridized carbons (Fsp3) is 0.385. The van der Waals surface area contributed by atoms with E-state index >= 15 is 0 Å². The zero-order valence-electron chi connectivity index (χ0n) is 11.3. The minimum absolute atomic E-state index is 0. The molecule has 0 aromatic heterocycles. The Morgan fingerprint density at radius 1 is 1.35 bits per heavy atom. The molecule has 0 heterocycles. The van der Waals surface area contributed by atoms with Crippen LogP contribution in [0.15, 0.2) is 24.3 Å². The second-order valence-corrected chi connectivity index (χ2v) is 3.95. The first kappa shape index (κ1) is 18.2. The fourth-order valence-corrected chi connectivity index (χ4v) is 1.45. The van der Waals surface area contributed by atoms with Gasteiger partial charge < -0.3 is 21.1 Å². The van der Waals surface area contributed by atoms with Crippen molar-refractivity contribution < 1.29 is 14.3 Å². The Hall–Kier alpha value is -1.79. The maximum atomic E-state index is 11.1. The van der Waals surface area contributed by atoms with Crippen LogP contribution in [0.25, 0.3) is 0 Å². The lowest BCUT2D eigenvalue weighted by atomic mass is 10.3. The van der Waals surface area contributed by atoms with Gasteiger partial charge in [0, 0.05) is 31.6 Å². The number of amides is 2. The number of carbonyl (C=O) groups is 2. The van der Waals surface area contributed by atoms with E-state index in [2.05, 4.69) is 10.6 Å². The molecule has 0 aliphatic heterocycles. The van der Waals surface area contributed by atoms with Crippen molar-refractivity contribution >= 4 is 29.9 Å². The van der Waals surface area contributed by atoms with Crippen LogP contribution >= 0.6 is 12.4 Å². The van der Waals surface area contributed by atoms with Gasteiger partial charge in [-0.15, -0.1) is 12.4 Å². The average molecular weight is 302 g/mol. The lowest BCUT2D eigenvalue weighted by molar-refractivity contribution is -0.121. The minimum atomic E-state index is -0.133. The molecule has 0 saturated carbocycles. The monoisotopic (exact) mass is 301 g/mol. The van der Waals surface area contributed by atoms with Gasteiger partial charge in [-0.1, -0.05) is 6.07 Å². The van der Waals surface area contributed by atoms with Gasteiger partial charge in [-0.3, -0.25) is 9.59 Å². The fourth-order valence-electron chi connectivity index (χ4n) is 1.45. The van der Waals surface area contributed by atoms with Crippen molar-refractivity contribution in [3.05, 3.63) is 24.3 Å². The third kappa shape index (κ3) is 7.60. The zero-order chi connectivity index (χ0) is 14.1. The highest BCUT2D eigenvalue weighted by Crippen LogP contribution is 2.16. The van der Waals surface area contributed by atoms with Gasteiger partial charge in [-0.2, -0.15) is 0 Å². The quantitative estimate of drug-likeness (QED) is 0.653. The minimum Gasteiger partial charge on any atom is -0.492 e. The first-order chi connectivity index (χ1) is 9.11. The molecule has 112 valence electrons. The van der Waals surface area contributed by atoms with Crippen molar-refractivity contribution in [2.24, 2.45) is 5.73 Å². The van der Waals surface area contributed by atoms with E-state index < -0.39 is 0 Å². The van der Waals surface area contributed by atoms with Gasteiger partial charge in [-0.05, 0) is 12.1 Å². The van der Waals surface area contributed by atoms with E-state index in [-0.39, 0.29) is 24.2 Å². The number of benzene rings is 1. The third-order valence-corrected chi connectivity index (χ3v) is 2.22. The van der Waals surface area contributed by atoms with Crippen molar-refractivity contribution in [3.8, 4) is 5.75 Å². The van der Waals surface area contributed by atoms with Gasteiger partial charge in [-0.25, -0.2) is 0 Å². The molecule has 0 fully saturated rings. The predicted molar refractivity (Wildman–Crippen MR) is 80.2 cm³/mol. The Morgan fingerprint density at radius 2 is 2.10 bits per heavy atom. The number of hydrogen-bond acceptors (Lipinski definition) is 4. The smallest absolute Gasteiger partial charge is 0.221 e. The molecule has 0 aliphatic carbocycles. The Balaban J connectivity index is 0.00000361. The Morgan fingerprint density at radius 3 is 2.75 bits per heavy atom. The lowest BCUT2D eigenvalue weighted by Crippen LogP contribution is -2.29. The number of nitrogens with one attached hydrogen (secondary N) is 2. The summed E-state index contributed by atoms with van der Waals surface area (Å²) in [4.78, 5) is 22.0. The molecule has 0 atom stereocenters. The highest BCUT2D eigenvalue weighted by Gasteiger charge is 2.00. The molecule has 0 saturated heterocycles. The first-order valence-corrected chi connectivity index (χ1v) is 6.09. The van der Waals surface area contributed by atoms with Crippen molar-refractivity contribution in [2.45, 2.75) is 13.3 Å². The van der Waals surface area contributed by atoms with Crippen molar-refractivity contribution in [3.63, 3.8) is 0 Å². The number of carbonyl (C=O) groups excluding carboxylic acids is 2. The second kappa shape index (κ2) is 10.1. The van der Waals surface area contributed by atoms with Gasteiger partial charge >= 0.3 is 0 Å². The van der Waals surface area contributed by atoms with Gasteiger partial charge in [0.1, 0.15) is 12.4 Å². The molecule has 0 spiro atoms. The number of nitrogens with two attached hydrogens (primary N) is 1. The molecule has 0 aliphatic rings. The molecule has 2 amide bonds. The summed E-state index contributed by atoms with van der Waals surface area (Å²) in [6.45, 7) is 2.56. The molecule has 1 rings (SSSR count). The number of ether oxygens (including phenoxy) is 1. The van der Waals surface area contributed by atoms with Crippen LogP contribution in [-0.4, -0.2) is 31.5 Å². The van der Waals surface area contributed by atoms with E-state index in [1.165, 1.54) is 6.92 Å². The molecule has 4 N–H and O–H groups in total. The standard InChI is InChI=1S/C13H19N3O3.ClH/c1-10(17)16-11-3-2-4-12(9-11)19-8-7-15-13(18)5-6-14;/h2-4,9H,5-8,14H2,1H3,(H,15,18)(H,16,17);1H. The van der Waals surface area contributed by atoms with Crippen LogP contribution in [0, 0.1) is 0 Å². The molecule has 1 aromatic rings. The molecule has 0 bridgehead atoms. The molecule has 0 radical (unpaired) electrons. The maximum Gasteiger partial charge on any atom is 0.221 e. The van der Waals surface area contributed by atoms with E-state index in [4.69, 9.17) is 10.5 Å². The summed E-state index contributed by atoms with van der Waals surface area (Å²) in [6.07, 6.45) is 0.317. The summed E-state index contributed by atoms with van der Waals surface area (Å²) in [6, 6.07) is 7.07. The number of hydrogen-bond donors (Lipinski definition) is 3. The average Bonchev–Trinajstić information content (AvgIpc) is 2.35. The summed E-state index contributed by atoms with van der Waals surface area (Å²) < 4.78 is 5.46. The Labute approximate surface area is 124 Å². The topological polar surface area (TPSA) is 93.5 Å². The predicted octanol–water partition coefficient (Wildman–Crippen LogP) is 0.911. The second-order valence-electron chi connectivity index (χ2n) is 3.95. The highest BCUT2D eigenvalue weighted by molar-refractivity contribution is 5.88. The van der Waals surface area contributed by atoms with Crippen LogP contribution in [0.4, 0.5) is 5.69 Å². The molecule has 6 nitrogen and oxygen atoms in total. The molecule has 7 heteroatoms. The van der Waals surface area contributed by atoms with E-state index in [0.717, 1.165) is 0 Å². The third-order valence-electron chi connectivity index (χ3n) is 2.22. The largest absolute Gasteiger partial charge is 0.492 e. The van der Waals surface area contributed by atoms with Crippen molar-refractivity contribution in [2.75, 3.05) is 25.0 Å². The molecular formula is C13H20ClN3O3. The highest BCUT2D eigenvalue weighted by atomic mass is 35.5. The van der Waals surface area contributed by atoms with E-state index in [1.54, 1.807) is 24.3 Å². The van der Waals surface area contributed by atoms with Crippen LogP contribution in [0.2, 0.25) is 0 Å². The SMILES string of the molecule is CC(=O)Nc1cccc(OCCNC(=O)CCN)c1.Cl. The zero-order valence-corrected chi connectivity index (χ0v) is 12.2. The van der Waals surface area contributed by atoms with Crippen molar-refractivity contribution in [1.29, 1.82) is 0 Å². The van der Waals surface area contributed by atoms with E-state index in [0.29, 0.717) is 37.6 Å². The summed E-state index contributed by atoms with van der Waals surface area (Å²) in [7, 11) is 0. The normalized spacial score (nSPS) is 9.30. The summed E-state index contributed by atoms with van der Waals surface area (Å²) in [5.41, 5.74) is 5.93.